The number of Topliss-reactive ketones (excluding diaryl/α,β-unsaturated/α-hetero) is 1. The third-order valence-electron chi connectivity index (χ3n) is 5.49. The van der Waals surface area contributed by atoms with Gasteiger partial charge in [-0.15, -0.1) is 11.3 Å². The van der Waals surface area contributed by atoms with Crippen molar-refractivity contribution in [1.29, 1.82) is 0 Å². The Labute approximate surface area is 188 Å². The molecule has 2 aromatic carbocycles. The molecular weight excluding hydrogens is 407 g/mol. The molecule has 0 aliphatic heterocycles. The molecule has 31 heavy (non-hydrogen) atoms. The van der Waals surface area contributed by atoms with E-state index in [9.17, 15) is 9.18 Å². The second kappa shape index (κ2) is 10.0. The summed E-state index contributed by atoms with van der Waals surface area (Å²) in [6, 6.07) is 12.5. The Kier molecular flexibility index (Phi) is 7.39. The number of carbonyl (C=O) groups is 1. The van der Waals surface area contributed by atoms with Gasteiger partial charge in [-0.2, -0.15) is 0 Å². The van der Waals surface area contributed by atoms with Crippen LogP contribution in [-0.4, -0.2) is 10.8 Å². The number of carbonyl (C=O) groups excluding carboxylic acids is 1. The summed E-state index contributed by atoms with van der Waals surface area (Å²) < 4.78 is 14.8. The highest BCUT2D eigenvalue weighted by Crippen LogP contribution is 2.31. The lowest BCUT2D eigenvalue weighted by Gasteiger charge is -2.10. The first-order valence-electron chi connectivity index (χ1n) is 10.7. The van der Waals surface area contributed by atoms with Crippen LogP contribution in [0.3, 0.4) is 0 Å². The van der Waals surface area contributed by atoms with Crippen LogP contribution < -0.4 is 5.32 Å². The first kappa shape index (κ1) is 22.9. The van der Waals surface area contributed by atoms with Crippen LogP contribution in [0.5, 0.6) is 0 Å². The lowest BCUT2D eigenvalue weighted by molar-refractivity contribution is 0.0923. The van der Waals surface area contributed by atoms with Crippen LogP contribution in [-0.2, 0) is 0 Å². The highest BCUT2D eigenvalue weighted by molar-refractivity contribution is 7.15. The minimum atomic E-state index is -0.341. The van der Waals surface area contributed by atoms with Crippen molar-refractivity contribution in [3.63, 3.8) is 0 Å². The molecule has 3 nitrogen and oxygen atoms in total. The molecule has 3 aromatic rings. The van der Waals surface area contributed by atoms with Crippen LogP contribution in [0.1, 0.15) is 61.5 Å². The van der Waals surface area contributed by atoms with E-state index in [0.717, 1.165) is 40.1 Å². The predicted octanol–water partition coefficient (Wildman–Crippen LogP) is 8.04. The Balaban J connectivity index is 1.77. The van der Waals surface area contributed by atoms with E-state index in [0.29, 0.717) is 16.4 Å². The van der Waals surface area contributed by atoms with E-state index < -0.39 is 0 Å². The number of nitrogens with one attached hydrogen (secondary N) is 1. The molecule has 0 fully saturated rings. The molecule has 0 radical (unpaired) electrons. The molecule has 0 bridgehead atoms. The number of anilines is 2. The van der Waals surface area contributed by atoms with Crippen molar-refractivity contribution in [2.24, 2.45) is 5.92 Å². The Morgan fingerprint density at radius 2 is 1.87 bits per heavy atom. The van der Waals surface area contributed by atoms with Crippen molar-refractivity contribution < 1.29 is 9.18 Å². The number of hydrogen-bond acceptors (Lipinski definition) is 4. The lowest BCUT2D eigenvalue weighted by atomic mass is 9.94. The number of rotatable bonds is 8. The number of hydrogen-bond donors (Lipinski definition) is 1. The minimum absolute atomic E-state index is 0.0188. The number of nitrogens with zero attached hydrogens (tertiary/aromatic N) is 1. The van der Waals surface area contributed by atoms with Crippen molar-refractivity contribution in [2.75, 3.05) is 5.32 Å². The fourth-order valence-corrected chi connectivity index (χ4v) is 4.43. The van der Waals surface area contributed by atoms with E-state index in [4.69, 9.17) is 0 Å². The van der Waals surface area contributed by atoms with Gasteiger partial charge in [-0.25, -0.2) is 9.37 Å². The van der Waals surface area contributed by atoms with Gasteiger partial charge in [0.1, 0.15) is 5.82 Å². The smallest absolute Gasteiger partial charge is 0.188 e. The zero-order chi connectivity index (χ0) is 22.5. The second-order valence-electron chi connectivity index (χ2n) is 7.85. The van der Waals surface area contributed by atoms with Gasteiger partial charge in [-0.3, -0.25) is 4.79 Å². The average molecular weight is 437 g/mol. The van der Waals surface area contributed by atoms with Gasteiger partial charge in [0.05, 0.1) is 11.4 Å². The number of halogens is 1. The van der Waals surface area contributed by atoms with Gasteiger partial charge in [0.25, 0.3) is 0 Å². The summed E-state index contributed by atoms with van der Waals surface area (Å²) >= 11 is 1.51. The Bertz CT molecular complexity index is 1100. The van der Waals surface area contributed by atoms with Crippen LogP contribution >= 0.6 is 11.3 Å². The SMILES string of the molecule is C/C=C(/C)c1nc(Nc2ccc(-c3ccc(C(=O)C(C)CCC)cc3)cc2F)sc1C. The molecule has 3 rings (SSSR count). The molecule has 1 N–H and O–H groups in total. The number of thiazole rings is 1. The highest BCUT2D eigenvalue weighted by Gasteiger charge is 2.15. The second-order valence-corrected chi connectivity index (χ2v) is 9.05. The summed E-state index contributed by atoms with van der Waals surface area (Å²) in [6.07, 6.45) is 3.89. The van der Waals surface area contributed by atoms with Gasteiger partial charge in [0, 0.05) is 16.4 Å². The van der Waals surface area contributed by atoms with Crippen molar-refractivity contribution in [3.8, 4) is 11.1 Å². The number of aryl methyl sites for hydroxylation is 1. The fraction of sp³-hybridized carbons (Fsp3) is 0.308. The van der Waals surface area contributed by atoms with Gasteiger partial charge in [0.15, 0.2) is 10.9 Å². The summed E-state index contributed by atoms with van der Waals surface area (Å²) in [7, 11) is 0. The summed E-state index contributed by atoms with van der Waals surface area (Å²) in [5.41, 5.74) is 4.78. The molecule has 0 saturated carbocycles. The van der Waals surface area contributed by atoms with E-state index in [1.165, 1.54) is 17.4 Å². The molecule has 0 aliphatic rings. The topological polar surface area (TPSA) is 42.0 Å². The molecule has 0 aliphatic carbocycles. The number of ketones is 1. The third kappa shape index (κ3) is 5.28. The van der Waals surface area contributed by atoms with Crippen LogP contribution in [0.15, 0.2) is 48.5 Å². The minimum Gasteiger partial charge on any atom is -0.329 e. The number of allylic oxidation sites excluding steroid dienone is 2. The zero-order valence-corrected chi connectivity index (χ0v) is 19.6. The Morgan fingerprint density at radius 3 is 2.48 bits per heavy atom. The zero-order valence-electron chi connectivity index (χ0n) is 18.8. The monoisotopic (exact) mass is 436 g/mol. The summed E-state index contributed by atoms with van der Waals surface area (Å²) in [5, 5.41) is 3.77. The van der Waals surface area contributed by atoms with Crippen LogP contribution in [0, 0.1) is 18.7 Å². The van der Waals surface area contributed by atoms with Crippen molar-refractivity contribution in [2.45, 2.75) is 47.5 Å². The summed E-state index contributed by atoms with van der Waals surface area (Å²) in [5.74, 6) is -0.165. The first-order valence-corrected chi connectivity index (χ1v) is 11.5. The average Bonchev–Trinajstić information content (AvgIpc) is 3.14. The maximum Gasteiger partial charge on any atom is 0.188 e. The molecule has 0 saturated heterocycles. The maximum absolute atomic E-state index is 14.8. The summed E-state index contributed by atoms with van der Waals surface area (Å²) in [6.45, 7) is 10.1. The molecule has 1 aromatic heterocycles. The normalized spacial score (nSPS) is 12.6. The molecule has 162 valence electrons. The van der Waals surface area contributed by atoms with Crippen LogP contribution in [0.25, 0.3) is 16.7 Å². The molecule has 1 unspecified atom stereocenters. The number of aromatic nitrogens is 1. The largest absolute Gasteiger partial charge is 0.329 e. The van der Waals surface area contributed by atoms with Crippen molar-refractivity contribution in [1.82, 2.24) is 4.98 Å². The van der Waals surface area contributed by atoms with Crippen molar-refractivity contribution >= 4 is 33.5 Å². The van der Waals surface area contributed by atoms with Gasteiger partial charge < -0.3 is 5.32 Å². The quantitative estimate of drug-likeness (QED) is 0.363. The lowest BCUT2D eigenvalue weighted by Crippen LogP contribution is -2.10. The third-order valence-corrected chi connectivity index (χ3v) is 6.37. The van der Waals surface area contributed by atoms with Gasteiger partial charge in [0.2, 0.25) is 0 Å². The van der Waals surface area contributed by atoms with Gasteiger partial charge >= 0.3 is 0 Å². The maximum atomic E-state index is 14.8. The first-order chi connectivity index (χ1) is 14.8. The van der Waals surface area contributed by atoms with Gasteiger partial charge in [-0.05, 0) is 56.0 Å². The molecule has 0 spiro atoms. The highest BCUT2D eigenvalue weighted by atomic mass is 32.1. The number of benzene rings is 2. The predicted molar refractivity (Wildman–Crippen MR) is 130 cm³/mol. The Hall–Kier alpha value is -2.79. The van der Waals surface area contributed by atoms with E-state index in [-0.39, 0.29) is 17.5 Å². The van der Waals surface area contributed by atoms with E-state index in [1.807, 2.05) is 64.1 Å². The molecule has 1 heterocycles. The molecule has 1 atom stereocenters. The Morgan fingerprint density at radius 1 is 1.19 bits per heavy atom. The fourth-order valence-electron chi connectivity index (χ4n) is 3.54. The van der Waals surface area contributed by atoms with Crippen molar-refractivity contribution in [3.05, 3.63) is 70.5 Å². The van der Waals surface area contributed by atoms with E-state index in [1.54, 1.807) is 6.07 Å². The molecule has 5 heteroatoms. The van der Waals surface area contributed by atoms with Crippen LogP contribution in [0.4, 0.5) is 15.2 Å². The van der Waals surface area contributed by atoms with Crippen LogP contribution in [0.2, 0.25) is 0 Å². The summed E-state index contributed by atoms with van der Waals surface area (Å²) in [4.78, 5) is 18.2. The molecule has 0 amide bonds. The van der Waals surface area contributed by atoms with E-state index >= 15 is 0 Å². The molecular formula is C26H29FN2OS. The van der Waals surface area contributed by atoms with Gasteiger partial charge in [-0.1, -0.05) is 56.7 Å². The standard InChI is InChI=1S/C26H29FN2OS/c1-6-8-17(4)25(30)20-11-9-19(10-12-20)21-13-14-23(22(27)15-21)28-26-29-24(16(3)7-2)18(5)31-26/h7,9-15,17H,6,8H2,1-5H3,(H,28,29)/b16-7-. The van der Waals surface area contributed by atoms with E-state index in [2.05, 4.69) is 17.2 Å².